The molecule has 0 saturated carbocycles. The van der Waals surface area contributed by atoms with Crippen LogP contribution in [0.25, 0.3) is 5.57 Å². The number of hydrogen-bond acceptors (Lipinski definition) is 1. The SMILES string of the molecule is Cc1cccc2c1CC=C2C(C)(C)C(=O)O. The molecule has 0 amide bonds. The van der Waals surface area contributed by atoms with Gasteiger partial charge in [0.15, 0.2) is 0 Å². The van der Waals surface area contributed by atoms with E-state index in [1.807, 2.05) is 18.2 Å². The largest absolute Gasteiger partial charge is 0.481 e. The summed E-state index contributed by atoms with van der Waals surface area (Å²) in [6.07, 6.45) is 2.90. The Morgan fingerprint density at radius 3 is 2.69 bits per heavy atom. The predicted molar refractivity (Wildman–Crippen MR) is 64.3 cm³/mol. The summed E-state index contributed by atoms with van der Waals surface area (Å²) in [4.78, 5) is 11.3. The second-order valence-corrected chi connectivity index (χ2v) is 4.85. The minimum Gasteiger partial charge on any atom is -0.481 e. The molecule has 0 spiro atoms. The molecule has 0 bridgehead atoms. The fourth-order valence-electron chi connectivity index (χ4n) is 2.25. The lowest BCUT2D eigenvalue weighted by molar-refractivity contribution is -0.143. The summed E-state index contributed by atoms with van der Waals surface area (Å²) in [7, 11) is 0. The van der Waals surface area contributed by atoms with Crippen LogP contribution in [0.2, 0.25) is 0 Å². The highest BCUT2D eigenvalue weighted by molar-refractivity contribution is 5.93. The first-order chi connectivity index (χ1) is 7.44. The molecule has 2 rings (SSSR count). The van der Waals surface area contributed by atoms with Crippen LogP contribution in [0.4, 0.5) is 0 Å². The molecule has 0 unspecified atom stereocenters. The van der Waals surface area contributed by atoms with Crippen LogP contribution >= 0.6 is 0 Å². The van der Waals surface area contributed by atoms with Crippen LogP contribution < -0.4 is 0 Å². The van der Waals surface area contributed by atoms with E-state index in [9.17, 15) is 9.90 Å². The number of carboxylic acid groups (broad SMARTS) is 1. The Balaban J connectivity index is 2.52. The lowest BCUT2D eigenvalue weighted by Gasteiger charge is -2.22. The summed E-state index contributed by atoms with van der Waals surface area (Å²) < 4.78 is 0. The van der Waals surface area contributed by atoms with Crippen molar-refractivity contribution in [2.24, 2.45) is 5.41 Å². The zero-order valence-corrected chi connectivity index (χ0v) is 9.87. The first kappa shape index (κ1) is 10.9. The normalized spacial score (nSPS) is 14.6. The molecule has 16 heavy (non-hydrogen) atoms. The van der Waals surface area contributed by atoms with E-state index < -0.39 is 11.4 Å². The average Bonchev–Trinajstić information content (AvgIpc) is 2.63. The molecule has 0 aliphatic heterocycles. The van der Waals surface area contributed by atoms with Crippen molar-refractivity contribution in [1.29, 1.82) is 0 Å². The maximum Gasteiger partial charge on any atom is 0.313 e. The first-order valence-corrected chi connectivity index (χ1v) is 5.47. The van der Waals surface area contributed by atoms with Crippen LogP contribution in [0.3, 0.4) is 0 Å². The number of rotatable bonds is 2. The third-order valence-corrected chi connectivity index (χ3v) is 3.42. The Morgan fingerprint density at radius 1 is 1.38 bits per heavy atom. The summed E-state index contributed by atoms with van der Waals surface area (Å²) >= 11 is 0. The molecule has 84 valence electrons. The van der Waals surface area contributed by atoms with Gasteiger partial charge >= 0.3 is 5.97 Å². The number of fused-ring (bicyclic) bond motifs is 1. The number of aliphatic carboxylic acids is 1. The van der Waals surface area contributed by atoms with Gasteiger partial charge in [-0.1, -0.05) is 24.3 Å². The van der Waals surface area contributed by atoms with E-state index in [0.717, 1.165) is 17.6 Å². The van der Waals surface area contributed by atoms with Crippen molar-refractivity contribution in [3.05, 3.63) is 41.0 Å². The molecule has 2 nitrogen and oxygen atoms in total. The molecular weight excluding hydrogens is 200 g/mol. The van der Waals surface area contributed by atoms with Crippen molar-refractivity contribution in [3.8, 4) is 0 Å². The van der Waals surface area contributed by atoms with Crippen molar-refractivity contribution in [3.63, 3.8) is 0 Å². The van der Waals surface area contributed by atoms with E-state index in [1.54, 1.807) is 13.8 Å². The van der Waals surface area contributed by atoms with E-state index in [4.69, 9.17) is 0 Å². The van der Waals surface area contributed by atoms with Gasteiger partial charge in [0.05, 0.1) is 5.41 Å². The molecule has 2 heteroatoms. The van der Waals surface area contributed by atoms with Gasteiger partial charge in [-0.2, -0.15) is 0 Å². The number of hydrogen-bond donors (Lipinski definition) is 1. The van der Waals surface area contributed by atoms with Crippen LogP contribution in [0.1, 0.15) is 30.5 Å². The van der Waals surface area contributed by atoms with Gasteiger partial charge in [0, 0.05) is 0 Å². The van der Waals surface area contributed by atoms with Crippen LogP contribution in [-0.2, 0) is 11.2 Å². The van der Waals surface area contributed by atoms with Crippen molar-refractivity contribution in [1.82, 2.24) is 0 Å². The van der Waals surface area contributed by atoms with E-state index in [-0.39, 0.29) is 0 Å². The Hall–Kier alpha value is -1.57. The molecule has 0 atom stereocenters. The van der Waals surface area contributed by atoms with Gasteiger partial charge in [0.2, 0.25) is 0 Å². The molecule has 0 fully saturated rings. The zero-order chi connectivity index (χ0) is 11.9. The molecule has 1 N–H and O–H groups in total. The number of carbonyl (C=O) groups is 1. The molecule has 0 saturated heterocycles. The smallest absolute Gasteiger partial charge is 0.313 e. The fraction of sp³-hybridized carbons (Fsp3) is 0.357. The predicted octanol–water partition coefficient (Wildman–Crippen LogP) is 3.05. The molecule has 0 aromatic heterocycles. The van der Waals surface area contributed by atoms with Crippen LogP contribution in [-0.4, -0.2) is 11.1 Å². The maximum atomic E-state index is 11.3. The molecule has 1 aliphatic rings. The van der Waals surface area contributed by atoms with Gasteiger partial charge in [-0.15, -0.1) is 0 Å². The number of carboxylic acids is 1. The van der Waals surface area contributed by atoms with Crippen molar-refractivity contribution < 1.29 is 9.90 Å². The van der Waals surface area contributed by atoms with E-state index >= 15 is 0 Å². The zero-order valence-electron chi connectivity index (χ0n) is 9.87. The average molecular weight is 216 g/mol. The van der Waals surface area contributed by atoms with Crippen molar-refractivity contribution in [2.75, 3.05) is 0 Å². The van der Waals surface area contributed by atoms with Gasteiger partial charge in [0.25, 0.3) is 0 Å². The third-order valence-electron chi connectivity index (χ3n) is 3.42. The molecule has 0 heterocycles. The van der Waals surface area contributed by atoms with Crippen LogP contribution in [0, 0.1) is 12.3 Å². The number of allylic oxidation sites excluding steroid dienone is 1. The first-order valence-electron chi connectivity index (χ1n) is 5.47. The summed E-state index contributed by atoms with van der Waals surface area (Å²) in [5.74, 6) is -0.770. The minimum absolute atomic E-state index is 0.770. The second kappa shape index (κ2) is 3.48. The van der Waals surface area contributed by atoms with Gasteiger partial charge in [-0.05, 0) is 49.5 Å². The lowest BCUT2D eigenvalue weighted by atomic mass is 9.81. The Kier molecular flexibility index (Phi) is 2.38. The van der Waals surface area contributed by atoms with Gasteiger partial charge in [-0.25, -0.2) is 0 Å². The molecule has 1 aromatic carbocycles. The van der Waals surface area contributed by atoms with Crippen LogP contribution in [0.15, 0.2) is 24.3 Å². The van der Waals surface area contributed by atoms with Crippen molar-refractivity contribution in [2.45, 2.75) is 27.2 Å². The van der Waals surface area contributed by atoms with E-state index in [1.165, 1.54) is 11.1 Å². The van der Waals surface area contributed by atoms with Gasteiger partial charge < -0.3 is 5.11 Å². The summed E-state index contributed by atoms with van der Waals surface area (Å²) in [5, 5.41) is 9.26. The Labute approximate surface area is 95.6 Å². The van der Waals surface area contributed by atoms with E-state index in [2.05, 4.69) is 13.0 Å². The monoisotopic (exact) mass is 216 g/mol. The minimum atomic E-state index is -0.807. The maximum absolute atomic E-state index is 11.3. The summed E-state index contributed by atoms with van der Waals surface area (Å²) in [6.45, 7) is 5.60. The van der Waals surface area contributed by atoms with Gasteiger partial charge in [-0.3, -0.25) is 4.79 Å². The second-order valence-electron chi connectivity index (χ2n) is 4.85. The lowest BCUT2D eigenvalue weighted by Crippen LogP contribution is -2.24. The standard InChI is InChI=1S/C14H16O2/c1-9-5-4-6-11-10(9)7-8-12(11)14(2,3)13(15)16/h4-6,8H,7H2,1-3H3,(H,15,16). The van der Waals surface area contributed by atoms with E-state index in [0.29, 0.717) is 0 Å². The highest BCUT2D eigenvalue weighted by atomic mass is 16.4. The fourth-order valence-corrected chi connectivity index (χ4v) is 2.25. The molecule has 0 radical (unpaired) electrons. The number of benzene rings is 1. The number of aryl methyl sites for hydroxylation is 1. The van der Waals surface area contributed by atoms with Gasteiger partial charge in [0.1, 0.15) is 0 Å². The summed E-state index contributed by atoms with van der Waals surface area (Å²) in [6, 6.07) is 6.08. The van der Waals surface area contributed by atoms with Crippen molar-refractivity contribution >= 4 is 11.5 Å². The van der Waals surface area contributed by atoms with Crippen LogP contribution in [0.5, 0.6) is 0 Å². The quantitative estimate of drug-likeness (QED) is 0.825. The summed E-state index contributed by atoms with van der Waals surface area (Å²) in [5.41, 5.74) is 3.75. The highest BCUT2D eigenvalue weighted by Crippen LogP contribution is 2.41. The Morgan fingerprint density at radius 2 is 2.06 bits per heavy atom. The third kappa shape index (κ3) is 1.45. The molecule has 1 aromatic rings. The molecular formula is C14H16O2. The molecule has 1 aliphatic carbocycles. The topological polar surface area (TPSA) is 37.3 Å². The highest BCUT2D eigenvalue weighted by Gasteiger charge is 2.35. The Bertz CT molecular complexity index is 482.